The van der Waals surface area contributed by atoms with Crippen molar-refractivity contribution in [3.63, 3.8) is 0 Å². The number of methoxy groups -OCH3 is 1. The SMILES string of the molecule is COCC1(CNC(=O)c2cccc(-c3cscn3)c2)CCNCC1.Cl.Cl. The minimum absolute atomic E-state index is 0. The molecule has 1 fully saturated rings. The van der Waals surface area contributed by atoms with Gasteiger partial charge in [-0.2, -0.15) is 0 Å². The van der Waals surface area contributed by atoms with Gasteiger partial charge in [-0.3, -0.25) is 4.79 Å². The first kappa shape index (κ1) is 22.9. The Labute approximate surface area is 170 Å². The van der Waals surface area contributed by atoms with Gasteiger partial charge in [0.1, 0.15) is 0 Å². The van der Waals surface area contributed by atoms with Crippen molar-refractivity contribution in [1.82, 2.24) is 15.6 Å². The zero-order chi connectivity index (χ0) is 16.8. The first-order valence-corrected chi connectivity index (χ1v) is 9.13. The fourth-order valence-corrected chi connectivity index (χ4v) is 3.74. The summed E-state index contributed by atoms with van der Waals surface area (Å²) in [6.45, 7) is 3.26. The molecule has 1 aliphatic rings. The Morgan fingerprint density at radius 1 is 1.35 bits per heavy atom. The average molecular weight is 418 g/mol. The molecule has 26 heavy (non-hydrogen) atoms. The van der Waals surface area contributed by atoms with Crippen LogP contribution in [0.4, 0.5) is 0 Å². The maximum Gasteiger partial charge on any atom is 0.251 e. The number of carbonyl (C=O) groups is 1. The molecule has 0 spiro atoms. The van der Waals surface area contributed by atoms with Gasteiger partial charge in [0, 0.05) is 35.6 Å². The van der Waals surface area contributed by atoms with E-state index >= 15 is 0 Å². The smallest absolute Gasteiger partial charge is 0.251 e. The van der Waals surface area contributed by atoms with Gasteiger partial charge in [-0.1, -0.05) is 12.1 Å². The van der Waals surface area contributed by atoms with Crippen LogP contribution in [0.25, 0.3) is 11.3 Å². The van der Waals surface area contributed by atoms with E-state index in [1.54, 1.807) is 24.0 Å². The molecule has 5 nitrogen and oxygen atoms in total. The zero-order valence-corrected chi connectivity index (χ0v) is 17.1. The maximum absolute atomic E-state index is 12.6. The minimum atomic E-state index is -0.0407. The molecule has 2 N–H and O–H groups in total. The highest BCUT2D eigenvalue weighted by atomic mass is 35.5. The lowest BCUT2D eigenvalue weighted by molar-refractivity contribution is 0.0512. The number of benzene rings is 1. The maximum atomic E-state index is 12.6. The van der Waals surface area contributed by atoms with Crippen molar-refractivity contribution in [2.75, 3.05) is 33.4 Å². The van der Waals surface area contributed by atoms with E-state index in [-0.39, 0.29) is 36.1 Å². The predicted molar refractivity (Wildman–Crippen MR) is 111 cm³/mol. The summed E-state index contributed by atoms with van der Waals surface area (Å²) in [5, 5.41) is 8.45. The van der Waals surface area contributed by atoms with Gasteiger partial charge in [-0.25, -0.2) is 4.98 Å². The number of nitrogens with zero attached hydrogens (tertiary/aromatic N) is 1. The molecule has 3 rings (SSSR count). The molecule has 0 radical (unpaired) electrons. The van der Waals surface area contributed by atoms with Crippen LogP contribution in [0.2, 0.25) is 0 Å². The molecule has 0 atom stereocenters. The number of halogens is 2. The third kappa shape index (κ3) is 5.66. The zero-order valence-electron chi connectivity index (χ0n) is 14.7. The summed E-state index contributed by atoms with van der Waals surface area (Å²) >= 11 is 1.55. The summed E-state index contributed by atoms with van der Waals surface area (Å²) in [5.74, 6) is -0.0407. The van der Waals surface area contributed by atoms with Crippen LogP contribution in [0.5, 0.6) is 0 Å². The van der Waals surface area contributed by atoms with Crippen molar-refractivity contribution in [2.24, 2.45) is 5.41 Å². The predicted octanol–water partition coefficient (Wildman–Crippen LogP) is 3.40. The monoisotopic (exact) mass is 417 g/mol. The van der Waals surface area contributed by atoms with Crippen LogP contribution in [0.1, 0.15) is 23.2 Å². The number of hydrogen-bond acceptors (Lipinski definition) is 5. The summed E-state index contributed by atoms with van der Waals surface area (Å²) in [4.78, 5) is 16.9. The van der Waals surface area contributed by atoms with Gasteiger partial charge in [-0.05, 0) is 38.1 Å². The van der Waals surface area contributed by atoms with Crippen molar-refractivity contribution >= 4 is 42.1 Å². The summed E-state index contributed by atoms with van der Waals surface area (Å²) in [5.41, 5.74) is 4.37. The highest BCUT2D eigenvalue weighted by Gasteiger charge is 2.32. The van der Waals surface area contributed by atoms with Crippen LogP contribution >= 0.6 is 36.2 Å². The number of rotatable bonds is 6. The van der Waals surface area contributed by atoms with Gasteiger partial charge in [0.25, 0.3) is 5.91 Å². The van der Waals surface area contributed by atoms with Crippen LogP contribution in [-0.2, 0) is 4.74 Å². The van der Waals surface area contributed by atoms with E-state index in [2.05, 4.69) is 15.6 Å². The molecule has 2 heterocycles. The molecular formula is C18H25Cl2N3O2S. The molecule has 1 amide bonds. The molecule has 144 valence electrons. The van der Waals surface area contributed by atoms with Crippen molar-refractivity contribution in [3.05, 3.63) is 40.7 Å². The lowest BCUT2D eigenvalue weighted by Gasteiger charge is -2.37. The van der Waals surface area contributed by atoms with E-state index in [4.69, 9.17) is 4.74 Å². The number of piperidine rings is 1. The molecule has 8 heteroatoms. The summed E-state index contributed by atoms with van der Waals surface area (Å²) in [6, 6.07) is 7.62. The molecular weight excluding hydrogens is 393 g/mol. The number of ether oxygens (including phenoxy) is 1. The highest BCUT2D eigenvalue weighted by Crippen LogP contribution is 2.28. The molecule has 0 saturated carbocycles. The van der Waals surface area contributed by atoms with E-state index < -0.39 is 0 Å². The van der Waals surface area contributed by atoms with Crippen molar-refractivity contribution < 1.29 is 9.53 Å². The van der Waals surface area contributed by atoms with Gasteiger partial charge >= 0.3 is 0 Å². The molecule has 2 aromatic rings. The minimum Gasteiger partial charge on any atom is -0.384 e. The number of carbonyl (C=O) groups excluding carboxylic acids is 1. The summed E-state index contributed by atoms with van der Waals surface area (Å²) < 4.78 is 5.40. The lowest BCUT2D eigenvalue weighted by atomic mass is 9.79. The third-order valence-corrected chi connectivity index (χ3v) is 5.18. The van der Waals surface area contributed by atoms with Gasteiger partial charge in [0.15, 0.2) is 0 Å². The number of hydrogen-bond donors (Lipinski definition) is 2. The fraction of sp³-hybridized carbons (Fsp3) is 0.444. The Kier molecular flexibility index (Phi) is 9.54. The van der Waals surface area contributed by atoms with E-state index in [1.165, 1.54) is 0 Å². The average Bonchev–Trinajstić information content (AvgIpc) is 3.16. The number of amides is 1. The van der Waals surface area contributed by atoms with E-state index in [0.717, 1.165) is 37.2 Å². The van der Waals surface area contributed by atoms with Gasteiger partial charge in [0.2, 0.25) is 0 Å². The molecule has 0 aliphatic carbocycles. The molecule has 1 saturated heterocycles. The number of thiazole rings is 1. The molecule has 1 aromatic heterocycles. The van der Waals surface area contributed by atoms with Gasteiger partial charge < -0.3 is 15.4 Å². The normalized spacial score (nSPS) is 15.4. The summed E-state index contributed by atoms with van der Waals surface area (Å²) in [7, 11) is 1.73. The lowest BCUT2D eigenvalue weighted by Crippen LogP contribution is -2.47. The Morgan fingerprint density at radius 3 is 2.77 bits per heavy atom. The number of aromatic nitrogens is 1. The van der Waals surface area contributed by atoms with Crippen LogP contribution in [0.3, 0.4) is 0 Å². The van der Waals surface area contributed by atoms with Crippen LogP contribution in [0.15, 0.2) is 35.2 Å². The van der Waals surface area contributed by atoms with E-state index in [1.807, 2.05) is 29.6 Å². The summed E-state index contributed by atoms with van der Waals surface area (Å²) in [6.07, 6.45) is 2.03. The second-order valence-corrected chi connectivity index (χ2v) is 7.04. The van der Waals surface area contributed by atoms with Gasteiger partial charge in [-0.15, -0.1) is 36.2 Å². The van der Waals surface area contributed by atoms with Crippen LogP contribution < -0.4 is 10.6 Å². The Morgan fingerprint density at radius 2 is 2.12 bits per heavy atom. The second kappa shape index (κ2) is 10.8. The Bertz CT molecular complexity index is 671. The first-order valence-electron chi connectivity index (χ1n) is 8.19. The van der Waals surface area contributed by atoms with Crippen LogP contribution in [-0.4, -0.2) is 44.2 Å². The molecule has 0 bridgehead atoms. The van der Waals surface area contributed by atoms with E-state index in [0.29, 0.717) is 18.7 Å². The second-order valence-electron chi connectivity index (χ2n) is 6.32. The molecule has 0 unspecified atom stereocenters. The Hall–Kier alpha value is -1.18. The van der Waals surface area contributed by atoms with Crippen molar-refractivity contribution in [1.29, 1.82) is 0 Å². The molecule has 1 aliphatic heterocycles. The topological polar surface area (TPSA) is 63.2 Å². The standard InChI is InChI=1S/C18H23N3O2S.2ClH/c1-23-12-18(5-7-19-8-6-18)11-20-17(22)15-4-2-3-14(9-15)16-10-24-13-21-16;;/h2-4,9-10,13,19H,5-8,11-12H2,1H3,(H,20,22);2*1H. The van der Waals surface area contributed by atoms with Crippen molar-refractivity contribution in [3.8, 4) is 11.3 Å². The number of nitrogens with one attached hydrogen (secondary N) is 2. The van der Waals surface area contributed by atoms with E-state index in [9.17, 15) is 4.79 Å². The van der Waals surface area contributed by atoms with Gasteiger partial charge in [0.05, 0.1) is 17.8 Å². The molecule has 1 aromatic carbocycles. The largest absolute Gasteiger partial charge is 0.384 e. The van der Waals surface area contributed by atoms with Crippen molar-refractivity contribution in [2.45, 2.75) is 12.8 Å². The first-order chi connectivity index (χ1) is 11.7. The quantitative estimate of drug-likeness (QED) is 0.755. The highest BCUT2D eigenvalue weighted by molar-refractivity contribution is 7.07. The van der Waals surface area contributed by atoms with Crippen LogP contribution in [0, 0.1) is 5.41 Å². The third-order valence-electron chi connectivity index (χ3n) is 4.59. The fourth-order valence-electron chi connectivity index (χ4n) is 3.18. The Balaban J connectivity index is 0.00000169.